The Morgan fingerprint density at radius 2 is 2.35 bits per heavy atom. The summed E-state index contributed by atoms with van der Waals surface area (Å²) in [5.74, 6) is -0.0991. The van der Waals surface area contributed by atoms with E-state index in [1.165, 1.54) is 11.3 Å². The number of aromatic nitrogens is 1. The molecule has 0 amide bonds. The summed E-state index contributed by atoms with van der Waals surface area (Å²) in [4.78, 5) is 16.6. The smallest absolute Gasteiger partial charge is 0.323 e. The first-order chi connectivity index (χ1) is 8.10. The van der Waals surface area contributed by atoms with Gasteiger partial charge in [0.05, 0.1) is 17.3 Å². The van der Waals surface area contributed by atoms with Gasteiger partial charge in [-0.25, -0.2) is 4.98 Å². The standard InChI is InChI=1S/C11H12N2O3S/c1-13(6-10(14)15)11-12-8-4-3-7(16-2)5-9(8)17-11/h3-5H,6H2,1-2H3,(H,14,15). The van der Waals surface area contributed by atoms with Gasteiger partial charge in [-0.1, -0.05) is 11.3 Å². The van der Waals surface area contributed by atoms with E-state index >= 15 is 0 Å². The summed E-state index contributed by atoms with van der Waals surface area (Å²) in [6.45, 7) is -0.0586. The van der Waals surface area contributed by atoms with Gasteiger partial charge in [-0.05, 0) is 18.2 Å². The van der Waals surface area contributed by atoms with E-state index in [0.29, 0.717) is 5.13 Å². The zero-order chi connectivity index (χ0) is 12.4. The van der Waals surface area contributed by atoms with Crippen molar-refractivity contribution in [3.05, 3.63) is 18.2 Å². The Balaban J connectivity index is 2.33. The molecule has 0 spiro atoms. The summed E-state index contributed by atoms with van der Waals surface area (Å²) in [5, 5.41) is 9.41. The molecule has 0 fully saturated rings. The monoisotopic (exact) mass is 252 g/mol. The van der Waals surface area contributed by atoms with Crippen LogP contribution in [0.25, 0.3) is 10.2 Å². The fourth-order valence-corrected chi connectivity index (χ4v) is 2.41. The van der Waals surface area contributed by atoms with Gasteiger partial charge < -0.3 is 14.7 Å². The lowest BCUT2D eigenvalue weighted by Gasteiger charge is -2.11. The van der Waals surface area contributed by atoms with E-state index in [1.807, 2.05) is 18.2 Å². The Kier molecular flexibility index (Phi) is 3.14. The molecule has 0 aliphatic rings. The predicted molar refractivity (Wildman–Crippen MR) is 67.1 cm³/mol. The molecule has 1 N–H and O–H groups in total. The molecule has 0 unspecified atom stereocenters. The summed E-state index contributed by atoms with van der Waals surface area (Å²) in [5.41, 5.74) is 0.850. The third kappa shape index (κ3) is 2.47. The number of carbonyl (C=O) groups is 1. The minimum atomic E-state index is -0.871. The van der Waals surface area contributed by atoms with Crippen molar-refractivity contribution >= 4 is 32.7 Å². The molecule has 90 valence electrons. The number of carboxylic acids is 1. The van der Waals surface area contributed by atoms with E-state index in [4.69, 9.17) is 9.84 Å². The number of ether oxygens (including phenoxy) is 1. The van der Waals surface area contributed by atoms with Crippen molar-refractivity contribution < 1.29 is 14.6 Å². The molecule has 1 aromatic carbocycles. The molecule has 0 bridgehead atoms. The first-order valence-electron chi connectivity index (χ1n) is 4.97. The van der Waals surface area contributed by atoms with Gasteiger partial charge in [0.25, 0.3) is 0 Å². The number of likely N-dealkylation sites (N-methyl/N-ethyl adjacent to an activating group) is 1. The van der Waals surface area contributed by atoms with Gasteiger partial charge in [-0.3, -0.25) is 4.79 Å². The quantitative estimate of drug-likeness (QED) is 0.899. The van der Waals surface area contributed by atoms with Crippen LogP contribution in [-0.2, 0) is 4.79 Å². The van der Waals surface area contributed by atoms with E-state index < -0.39 is 5.97 Å². The first-order valence-corrected chi connectivity index (χ1v) is 5.79. The average Bonchev–Trinajstić information content (AvgIpc) is 2.70. The van der Waals surface area contributed by atoms with Crippen molar-refractivity contribution in [3.8, 4) is 5.75 Å². The fraction of sp³-hybridized carbons (Fsp3) is 0.273. The van der Waals surface area contributed by atoms with Gasteiger partial charge in [0.15, 0.2) is 5.13 Å². The molecule has 0 aliphatic carbocycles. The molecule has 1 heterocycles. The van der Waals surface area contributed by atoms with E-state index in [-0.39, 0.29) is 6.54 Å². The van der Waals surface area contributed by atoms with E-state index in [9.17, 15) is 4.79 Å². The van der Waals surface area contributed by atoms with Crippen LogP contribution in [0.4, 0.5) is 5.13 Å². The van der Waals surface area contributed by atoms with Gasteiger partial charge in [-0.15, -0.1) is 0 Å². The third-order valence-electron chi connectivity index (χ3n) is 2.28. The number of hydrogen-bond acceptors (Lipinski definition) is 5. The lowest BCUT2D eigenvalue weighted by Crippen LogP contribution is -2.24. The summed E-state index contributed by atoms with van der Waals surface area (Å²) in [7, 11) is 3.32. The number of thiazole rings is 1. The highest BCUT2D eigenvalue weighted by Crippen LogP contribution is 2.30. The van der Waals surface area contributed by atoms with Gasteiger partial charge in [-0.2, -0.15) is 0 Å². The van der Waals surface area contributed by atoms with Crippen LogP contribution in [0.3, 0.4) is 0 Å². The second-order valence-corrected chi connectivity index (χ2v) is 4.59. The van der Waals surface area contributed by atoms with Gasteiger partial charge >= 0.3 is 5.97 Å². The maximum Gasteiger partial charge on any atom is 0.323 e. The van der Waals surface area contributed by atoms with Gasteiger partial charge in [0.2, 0.25) is 0 Å². The Labute approximate surface area is 102 Å². The SMILES string of the molecule is COc1ccc2nc(N(C)CC(=O)O)sc2c1. The van der Waals surface area contributed by atoms with Crippen LogP contribution in [0.1, 0.15) is 0 Å². The molecule has 0 aliphatic heterocycles. The van der Waals surface area contributed by atoms with Crippen molar-refractivity contribution in [3.63, 3.8) is 0 Å². The summed E-state index contributed by atoms with van der Waals surface area (Å²) < 4.78 is 6.11. The van der Waals surface area contributed by atoms with Gasteiger partial charge in [0.1, 0.15) is 12.3 Å². The number of carboxylic acid groups (broad SMARTS) is 1. The third-order valence-corrected chi connectivity index (χ3v) is 3.42. The number of anilines is 1. The Morgan fingerprint density at radius 3 is 3.00 bits per heavy atom. The lowest BCUT2D eigenvalue weighted by atomic mass is 10.3. The molecule has 17 heavy (non-hydrogen) atoms. The normalized spacial score (nSPS) is 10.5. The molecule has 0 atom stereocenters. The minimum Gasteiger partial charge on any atom is -0.497 e. The van der Waals surface area contributed by atoms with Crippen LogP contribution in [0, 0.1) is 0 Å². The van der Waals surface area contributed by atoms with Crippen molar-refractivity contribution in [1.29, 1.82) is 0 Å². The van der Waals surface area contributed by atoms with E-state index in [0.717, 1.165) is 16.0 Å². The topological polar surface area (TPSA) is 62.7 Å². The molecule has 6 heteroatoms. The number of nitrogens with zero attached hydrogens (tertiary/aromatic N) is 2. The van der Waals surface area contributed by atoms with Crippen LogP contribution in [0.2, 0.25) is 0 Å². The number of fused-ring (bicyclic) bond motifs is 1. The second-order valence-electron chi connectivity index (χ2n) is 3.58. The number of rotatable bonds is 4. The zero-order valence-corrected chi connectivity index (χ0v) is 10.3. The number of aliphatic carboxylic acids is 1. The molecular formula is C11H12N2O3S. The zero-order valence-electron chi connectivity index (χ0n) is 9.51. The minimum absolute atomic E-state index is 0.0586. The van der Waals surface area contributed by atoms with Crippen LogP contribution < -0.4 is 9.64 Å². The van der Waals surface area contributed by atoms with Crippen molar-refractivity contribution in [2.45, 2.75) is 0 Å². The second kappa shape index (κ2) is 4.58. The van der Waals surface area contributed by atoms with E-state index in [1.54, 1.807) is 19.1 Å². The molecule has 2 aromatic rings. The van der Waals surface area contributed by atoms with Crippen molar-refractivity contribution in [2.75, 3.05) is 25.6 Å². The van der Waals surface area contributed by atoms with Crippen LogP contribution in [0.5, 0.6) is 5.75 Å². The lowest BCUT2D eigenvalue weighted by molar-refractivity contribution is -0.135. The van der Waals surface area contributed by atoms with Crippen LogP contribution >= 0.6 is 11.3 Å². The van der Waals surface area contributed by atoms with E-state index in [2.05, 4.69) is 4.98 Å². The number of hydrogen-bond donors (Lipinski definition) is 1. The van der Waals surface area contributed by atoms with Gasteiger partial charge in [0, 0.05) is 7.05 Å². The largest absolute Gasteiger partial charge is 0.497 e. The van der Waals surface area contributed by atoms with Crippen LogP contribution in [-0.4, -0.2) is 36.8 Å². The Bertz CT molecular complexity index is 553. The number of benzene rings is 1. The highest BCUT2D eigenvalue weighted by molar-refractivity contribution is 7.22. The maximum atomic E-state index is 10.6. The predicted octanol–water partition coefficient (Wildman–Crippen LogP) is 1.83. The first kappa shape index (κ1) is 11.7. The molecular weight excluding hydrogens is 240 g/mol. The maximum absolute atomic E-state index is 10.6. The average molecular weight is 252 g/mol. The summed E-state index contributed by atoms with van der Waals surface area (Å²) in [6.07, 6.45) is 0. The molecule has 0 saturated carbocycles. The fourth-order valence-electron chi connectivity index (χ4n) is 1.45. The highest BCUT2D eigenvalue weighted by Gasteiger charge is 2.11. The van der Waals surface area contributed by atoms with Crippen LogP contribution in [0.15, 0.2) is 18.2 Å². The Hall–Kier alpha value is -1.82. The number of methoxy groups -OCH3 is 1. The van der Waals surface area contributed by atoms with Crippen molar-refractivity contribution in [2.24, 2.45) is 0 Å². The summed E-state index contributed by atoms with van der Waals surface area (Å²) >= 11 is 1.45. The van der Waals surface area contributed by atoms with Crippen molar-refractivity contribution in [1.82, 2.24) is 4.98 Å². The molecule has 0 saturated heterocycles. The molecule has 2 rings (SSSR count). The summed E-state index contributed by atoms with van der Waals surface area (Å²) in [6, 6.07) is 5.59. The Morgan fingerprint density at radius 1 is 1.59 bits per heavy atom. The molecule has 0 radical (unpaired) electrons. The molecule has 1 aromatic heterocycles. The molecule has 5 nitrogen and oxygen atoms in total. The highest BCUT2D eigenvalue weighted by atomic mass is 32.1.